The molecule has 1 aromatic carbocycles. The first kappa shape index (κ1) is 14.6. The highest BCUT2D eigenvalue weighted by atomic mass is 16.2. The molecule has 0 aromatic heterocycles. The summed E-state index contributed by atoms with van der Waals surface area (Å²) in [6, 6.07) is 9.03. The molecule has 114 valence electrons. The van der Waals surface area contributed by atoms with E-state index in [1.165, 1.54) is 24.0 Å². The van der Waals surface area contributed by atoms with E-state index in [1.807, 2.05) is 6.92 Å². The van der Waals surface area contributed by atoms with Gasteiger partial charge in [-0.25, -0.2) is 0 Å². The van der Waals surface area contributed by atoms with Crippen LogP contribution in [0.5, 0.6) is 0 Å². The monoisotopic (exact) mass is 286 g/mol. The molecule has 2 fully saturated rings. The van der Waals surface area contributed by atoms with E-state index in [0.717, 1.165) is 12.8 Å². The van der Waals surface area contributed by atoms with E-state index in [2.05, 4.69) is 48.3 Å². The first-order valence-corrected chi connectivity index (χ1v) is 8.29. The quantitative estimate of drug-likeness (QED) is 0.925. The Labute approximate surface area is 127 Å². The van der Waals surface area contributed by atoms with Crippen molar-refractivity contribution < 1.29 is 4.79 Å². The van der Waals surface area contributed by atoms with Gasteiger partial charge in [0.15, 0.2) is 0 Å². The van der Waals surface area contributed by atoms with Gasteiger partial charge in [-0.2, -0.15) is 0 Å². The first-order chi connectivity index (χ1) is 10.1. The highest BCUT2D eigenvalue weighted by Crippen LogP contribution is 2.37. The number of carbonyl (C=O) groups excluding carboxylic acids is 1. The molecular formula is C18H26N2O. The second-order valence-electron chi connectivity index (χ2n) is 6.61. The Morgan fingerprint density at radius 1 is 1.19 bits per heavy atom. The largest absolute Gasteiger partial charge is 0.318 e. The smallest absolute Gasteiger partial charge is 0.241 e. The summed E-state index contributed by atoms with van der Waals surface area (Å²) in [5.41, 5.74) is 2.56. The molecule has 3 nitrogen and oxygen atoms in total. The third kappa shape index (κ3) is 2.59. The van der Waals surface area contributed by atoms with Crippen LogP contribution >= 0.6 is 0 Å². The number of amides is 1. The van der Waals surface area contributed by atoms with Crippen LogP contribution in [-0.2, 0) is 11.2 Å². The molecular weight excluding hydrogens is 260 g/mol. The summed E-state index contributed by atoms with van der Waals surface area (Å²) >= 11 is 0. The van der Waals surface area contributed by atoms with Crippen molar-refractivity contribution in [2.45, 2.75) is 64.7 Å². The van der Waals surface area contributed by atoms with Crippen LogP contribution in [0.2, 0.25) is 0 Å². The predicted molar refractivity (Wildman–Crippen MR) is 84.8 cm³/mol. The van der Waals surface area contributed by atoms with E-state index in [9.17, 15) is 4.79 Å². The fraction of sp³-hybridized carbons (Fsp3) is 0.611. The lowest BCUT2D eigenvalue weighted by Gasteiger charge is -2.33. The normalized spacial score (nSPS) is 32.9. The Bertz CT molecular complexity index is 510. The van der Waals surface area contributed by atoms with Gasteiger partial charge in [-0.05, 0) is 43.2 Å². The van der Waals surface area contributed by atoms with Crippen molar-refractivity contribution in [3.05, 3.63) is 35.4 Å². The van der Waals surface area contributed by atoms with Crippen LogP contribution in [0.1, 0.15) is 57.3 Å². The molecule has 3 rings (SSSR count). The number of nitrogens with one attached hydrogen (secondary N) is 1. The minimum atomic E-state index is -0.0753. The van der Waals surface area contributed by atoms with Gasteiger partial charge < -0.3 is 4.90 Å². The van der Waals surface area contributed by atoms with Crippen LogP contribution in [0.4, 0.5) is 0 Å². The van der Waals surface area contributed by atoms with E-state index in [-0.39, 0.29) is 18.1 Å². The van der Waals surface area contributed by atoms with Crippen molar-refractivity contribution >= 4 is 5.91 Å². The Hall–Kier alpha value is -1.35. The van der Waals surface area contributed by atoms with Gasteiger partial charge in [0.2, 0.25) is 5.91 Å². The zero-order valence-corrected chi connectivity index (χ0v) is 13.3. The van der Waals surface area contributed by atoms with E-state index in [4.69, 9.17) is 0 Å². The number of rotatable bonds is 3. The highest BCUT2D eigenvalue weighted by molar-refractivity contribution is 5.84. The fourth-order valence-electron chi connectivity index (χ4n) is 3.83. The van der Waals surface area contributed by atoms with Crippen molar-refractivity contribution in [2.75, 3.05) is 0 Å². The van der Waals surface area contributed by atoms with Crippen molar-refractivity contribution in [2.24, 2.45) is 5.92 Å². The summed E-state index contributed by atoms with van der Waals surface area (Å²) in [5, 5.41) is 3.48. The van der Waals surface area contributed by atoms with Crippen molar-refractivity contribution in [1.29, 1.82) is 0 Å². The van der Waals surface area contributed by atoms with Gasteiger partial charge in [0.1, 0.15) is 6.17 Å². The molecule has 1 aliphatic carbocycles. The van der Waals surface area contributed by atoms with Crippen LogP contribution in [-0.4, -0.2) is 22.9 Å². The maximum absolute atomic E-state index is 12.6. The molecule has 4 unspecified atom stereocenters. The summed E-state index contributed by atoms with van der Waals surface area (Å²) in [4.78, 5) is 14.7. The van der Waals surface area contributed by atoms with Crippen molar-refractivity contribution in [3.63, 3.8) is 0 Å². The van der Waals surface area contributed by atoms with Crippen LogP contribution < -0.4 is 5.32 Å². The van der Waals surface area contributed by atoms with Crippen molar-refractivity contribution in [1.82, 2.24) is 10.2 Å². The summed E-state index contributed by atoms with van der Waals surface area (Å²) < 4.78 is 0. The summed E-state index contributed by atoms with van der Waals surface area (Å²) in [5.74, 6) is 0.872. The Morgan fingerprint density at radius 2 is 1.90 bits per heavy atom. The van der Waals surface area contributed by atoms with Crippen molar-refractivity contribution in [3.8, 4) is 0 Å². The maximum Gasteiger partial charge on any atom is 0.241 e. The van der Waals surface area contributed by atoms with Gasteiger partial charge in [-0.15, -0.1) is 0 Å². The minimum absolute atomic E-state index is 0.0453. The zero-order chi connectivity index (χ0) is 15.0. The lowest BCUT2D eigenvalue weighted by atomic mass is 10.0. The number of carbonyl (C=O) groups is 1. The molecule has 0 radical (unpaired) electrons. The minimum Gasteiger partial charge on any atom is -0.318 e. The van der Waals surface area contributed by atoms with E-state index in [1.54, 1.807) is 0 Å². The average Bonchev–Trinajstić information content (AvgIpc) is 3.03. The molecule has 0 bridgehead atoms. The van der Waals surface area contributed by atoms with Gasteiger partial charge in [-0.1, -0.05) is 44.5 Å². The van der Waals surface area contributed by atoms with Gasteiger partial charge >= 0.3 is 0 Å². The van der Waals surface area contributed by atoms with E-state index in [0.29, 0.717) is 12.0 Å². The Morgan fingerprint density at radius 3 is 2.48 bits per heavy atom. The van der Waals surface area contributed by atoms with Crippen LogP contribution in [0.25, 0.3) is 0 Å². The topological polar surface area (TPSA) is 32.3 Å². The molecule has 1 heterocycles. The molecule has 4 atom stereocenters. The van der Waals surface area contributed by atoms with E-state index >= 15 is 0 Å². The molecule has 1 aliphatic heterocycles. The Balaban J connectivity index is 1.89. The number of hydrogen-bond donors (Lipinski definition) is 1. The first-order valence-electron chi connectivity index (χ1n) is 8.29. The lowest BCUT2D eigenvalue weighted by molar-refractivity contribution is -0.132. The number of aryl methyl sites for hydroxylation is 1. The summed E-state index contributed by atoms with van der Waals surface area (Å²) in [7, 11) is 0. The zero-order valence-electron chi connectivity index (χ0n) is 13.3. The highest BCUT2D eigenvalue weighted by Gasteiger charge is 2.43. The third-order valence-electron chi connectivity index (χ3n) is 5.19. The van der Waals surface area contributed by atoms with Crippen LogP contribution in [0.3, 0.4) is 0 Å². The molecule has 1 aromatic rings. The lowest BCUT2D eigenvalue weighted by Crippen LogP contribution is -2.41. The third-order valence-corrected chi connectivity index (χ3v) is 5.19. The molecule has 0 spiro atoms. The molecule has 1 saturated carbocycles. The SMILES string of the molecule is CCc1ccc(C2NC(C)C(=O)N2C2CCCC2C)cc1. The standard InChI is InChI=1S/C18H26N2O/c1-4-14-8-10-15(11-9-14)17-19-13(3)18(21)20(17)16-7-5-6-12(16)2/h8-13,16-17,19H,4-7H2,1-3H3. The predicted octanol–water partition coefficient (Wildman–Crippen LogP) is 3.26. The summed E-state index contributed by atoms with van der Waals surface area (Å²) in [6.07, 6.45) is 4.72. The number of hydrogen-bond acceptors (Lipinski definition) is 2. The Kier molecular flexibility index (Phi) is 4.03. The van der Waals surface area contributed by atoms with Gasteiger partial charge in [0.05, 0.1) is 6.04 Å². The van der Waals surface area contributed by atoms with E-state index < -0.39 is 0 Å². The molecule has 1 amide bonds. The van der Waals surface area contributed by atoms with Crippen LogP contribution in [0, 0.1) is 5.92 Å². The molecule has 2 aliphatic rings. The second kappa shape index (κ2) is 5.80. The van der Waals surface area contributed by atoms with Gasteiger partial charge in [0, 0.05) is 6.04 Å². The molecule has 21 heavy (non-hydrogen) atoms. The van der Waals surface area contributed by atoms with Crippen LogP contribution in [0.15, 0.2) is 24.3 Å². The molecule has 1 N–H and O–H groups in total. The van der Waals surface area contributed by atoms with Gasteiger partial charge in [-0.3, -0.25) is 10.1 Å². The number of nitrogens with zero attached hydrogens (tertiary/aromatic N) is 1. The second-order valence-corrected chi connectivity index (χ2v) is 6.61. The average molecular weight is 286 g/mol. The number of benzene rings is 1. The van der Waals surface area contributed by atoms with Gasteiger partial charge in [0.25, 0.3) is 0 Å². The molecule has 3 heteroatoms. The maximum atomic E-state index is 12.6. The fourth-order valence-corrected chi connectivity index (χ4v) is 3.83. The molecule has 1 saturated heterocycles. The summed E-state index contributed by atoms with van der Waals surface area (Å²) in [6.45, 7) is 6.43.